The predicted molar refractivity (Wildman–Crippen MR) is 66.7 cm³/mol. The van der Waals surface area contributed by atoms with Crippen LogP contribution in [0.4, 0.5) is 0 Å². The first-order valence-electron chi connectivity index (χ1n) is 6.60. The zero-order chi connectivity index (χ0) is 11.8. The minimum atomic E-state index is 0.340. The van der Waals surface area contributed by atoms with Gasteiger partial charge in [-0.25, -0.2) is 0 Å². The van der Waals surface area contributed by atoms with Crippen LogP contribution in [0.2, 0.25) is 0 Å². The highest BCUT2D eigenvalue weighted by Gasteiger charge is 2.36. The van der Waals surface area contributed by atoms with Crippen LogP contribution >= 0.6 is 0 Å². The average molecular weight is 232 g/mol. The van der Waals surface area contributed by atoms with Crippen molar-refractivity contribution in [3.8, 4) is 5.75 Å². The number of likely N-dealkylation sites (tertiary alicyclic amines) is 1. The zero-order valence-electron chi connectivity index (χ0n) is 10.4. The predicted octanol–water partition coefficient (Wildman–Crippen LogP) is 2.33. The Kier molecular flexibility index (Phi) is 2.79. The Morgan fingerprint density at radius 1 is 1.29 bits per heavy atom. The van der Waals surface area contributed by atoms with E-state index in [0.29, 0.717) is 5.75 Å². The van der Waals surface area contributed by atoms with Gasteiger partial charge in [-0.05, 0) is 43.7 Å². The van der Waals surface area contributed by atoms with Crippen molar-refractivity contribution in [3.63, 3.8) is 0 Å². The summed E-state index contributed by atoms with van der Waals surface area (Å²) >= 11 is 0. The van der Waals surface area contributed by atoms with Gasteiger partial charge in [-0.3, -0.25) is 9.88 Å². The van der Waals surface area contributed by atoms with Crippen molar-refractivity contribution in [3.05, 3.63) is 23.5 Å². The van der Waals surface area contributed by atoms with E-state index < -0.39 is 0 Å². The molecule has 2 atom stereocenters. The van der Waals surface area contributed by atoms with E-state index in [1.165, 1.54) is 32.4 Å². The topological polar surface area (TPSA) is 36.4 Å². The summed E-state index contributed by atoms with van der Waals surface area (Å²) in [5.41, 5.74) is 1.82. The van der Waals surface area contributed by atoms with Gasteiger partial charge in [-0.15, -0.1) is 0 Å². The number of rotatable bonds is 2. The minimum Gasteiger partial charge on any atom is -0.506 e. The number of aryl methyl sites for hydroxylation is 1. The molecule has 3 rings (SSSR count). The smallest absolute Gasteiger partial charge is 0.138 e. The van der Waals surface area contributed by atoms with Gasteiger partial charge in [0.05, 0.1) is 5.69 Å². The molecule has 0 radical (unpaired) electrons. The molecule has 1 aliphatic heterocycles. The second-order valence-electron chi connectivity index (χ2n) is 5.56. The van der Waals surface area contributed by atoms with Gasteiger partial charge in [-0.1, -0.05) is 6.42 Å². The number of aromatic nitrogens is 1. The van der Waals surface area contributed by atoms with E-state index >= 15 is 0 Å². The highest BCUT2D eigenvalue weighted by Crippen LogP contribution is 2.38. The van der Waals surface area contributed by atoms with Crippen molar-refractivity contribution in [2.75, 3.05) is 13.1 Å². The van der Waals surface area contributed by atoms with Crippen LogP contribution in [0.15, 0.2) is 12.1 Å². The van der Waals surface area contributed by atoms with Crippen LogP contribution in [-0.4, -0.2) is 28.1 Å². The van der Waals surface area contributed by atoms with E-state index in [1.54, 1.807) is 6.07 Å². The number of hydrogen-bond acceptors (Lipinski definition) is 3. The van der Waals surface area contributed by atoms with Crippen LogP contribution in [-0.2, 0) is 6.54 Å². The Hall–Kier alpha value is -1.09. The quantitative estimate of drug-likeness (QED) is 0.850. The molecule has 1 aromatic rings. The molecule has 2 aliphatic rings. The fraction of sp³-hybridized carbons (Fsp3) is 0.643. The highest BCUT2D eigenvalue weighted by atomic mass is 16.3. The summed E-state index contributed by atoms with van der Waals surface area (Å²) in [7, 11) is 0. The van der Waals surface area contributed by atoms with Crippen LogP contribution in [0.5, 0.6) is 5.75 Å². The molecule has 0 bridgehead atoms. The number of aromatic hydroxyl groups is 1. The van der Waals surface area contributed by atoms with Crippen molar-refractivity contribution >= 4 is 0 Å². The fourth-order valence-corrected chi connectivity index (χ4v) is 3.39. The van der Waals surface area contributed by atoms with E-state index in [-0.39, 0.29) is 0 Å². The Labute approximate surface area is 102 Å². The van der Waals surface area contributed by atoms with Gasteiger partial charge in [0.15, 0.2) is 0 Å². The first-order valence-corrected chi connectivity index (χ1v) is 6.60. The van der Waals surface area contributed by atoms with Gasteiger partial charge in [-0.2, -0.15) is 0 Å². The summed E-state index contributed by atoms with van der Waals surface area (Å²) in [4.78, 5) is 6.89. The average Bonchev–Trinajstić information content (AvgIpc) is 2.83. The molecule has 17 heavy (non-hydrogen) atoms. The number of pyridine rings is 1. The van der Waals surface area contributed by atoms with Gasteiger partial charge in [0.1, 0.15) is 5.75 Å². The maximum atomic E-state index is 9.81. The lowest BCUT2D eigenvalue weighted by molar-refractivity contribution is 0.293. The van der Waals surface area contributed by atoms with E-state index in [1.807, 2.05) is 13.0 Å². The summed E-state index contributed by atoms with van der Waals surface area (Å²) in [5.74, 6) is 2.15. The van der Waals surface area contributed by atoms with E-state index in [2.05, 4.69) is 9.88 Å². The van der Waals surface area contributed by atoms with Crippen molar-refractivity contribution in [1.29, 1.82) is 0 Å². The van der Waals surface area contributed by atoms with E-state index in [4.69, 9.17) is 0 Å². The third-order valence-electron chi connectivity index (χ3n) is 4.26. The second kappa shape index (κ2) is 4.30. The standard InChI is InChI=1S/C14H20N2O/c1-10-5-6-14(17)13(15-10)9-16-7-11-3-2-4-12(11)8-16/h5-6,11-12,17H,2-4,7-9H2,1H3. The molecule has 1 saturated carbocycles. The van der Waals surface area contributed by atoms with Gasteiger partial charge in [0, 0.05) is 25.3 Å². The van der Waals surface area contributed by atoms with Gasteiger partial charge >= 0.3 is 0 Å². The Bertz CT molecular complexity index is 407. The molecule has 0 amide bonds. The number of fused-ring (bicyclic) bond motifs is 1. The summed E-state index contributed by atoms with van der Waals surface area (Å²) in [6.07, 6.45) is 4.21. The molecule has 1 aliphatic carbocycles. The molecule has 1 N–H and O–H groups in total. The van der Waals surface area contributed by atoms with Crippen LogP contribution in [0, 0.1) is 18.8 Å². The maximum absolute atomic E-state index is 9.81. The third-order valence-corrected chi connectivity index (χ3v) is 4.26. The molecule has 0 aromatic carbocycles. The third kappa shape index (κ3) is 2.16. The fourth-order valence-electron chi connectivity index (χ4n) is 3.39. The number of nitrogens with zero attached hydrogens (tertiary/aromatic N) is 2. The molecule has 3 nitrogen and oxygen atoms in total. The van der Waals surface area contributed by atoms with Crippen LogP contribution in [0.1, 0.15) is 30.7 Å². The first-order chi connectivity index (χ1) is 8.22. The van der Waals surface area contributed by atoms with Crippen molar-refractivity contribution in [2.45, 2.75) is 32.7 Å². The summed E-state index contributed by atoms with van der Waals surface area (Å²) in [6.45, 7) is 5.17. The molecule has 92 valence electrons. The molecular formula is C14H20N2O. The molecule has 2 unspecified atom stereocenters. The molecule has 3 heteroatoms. The zero-order valence-corrected chi connectivity index (χ0v) is 10.4. The monoisotopic (exact) mass is 232 g/mol. The Morgan fingerprint density at radius 3 is 2.71 bits per heavy atom. The maximum Gasteiger partial charge on any atom is 0.138 e. The second-order valence-corrected chi connectivity index (χ2v) is 5.56. The van der Waals surface area contributed by atoms with Crippen molar-refractivity contribution in [1.82, 2.24) is 9.88 Å². The highest BCUT2D eigenvalue weighted by molar-refractivity contribution is 5.27. The minimum absolute atomic E-state index is 0.340. The first kappa shape index (κ1) is 11.0. The SMILES string of the molecule is Cc1ccc(O)c(CN2CC3CCCC3C2)n1. The van der Waals surface area contributed by atoms with E-state index in [0.717, 1.165) is 29.8 Å². The van der Waals surface area contributed by atoms with Crippen LogP contribution < -0.4 is 0 Å². The number of hydrogen-bond donors (Lipinski definition) is 1. The molecule has 2 fully saturated rings. The lowest BCUT2D eigenvalue weighted by atomic mass is 10.0. The summed E-state index contributed by atoms with van der Waals surface area (Å²) in [5, 5.41) is 9.81. The molecular weight excluding hydrogens is 212 g/mol. The summed E-state index contributed by atoms with van der Waals surface area (Å²) < 4.78 is 0. The Morgan fingerprint density at radius 2 is 2.00 bits per heavy atom. The Balaban J connectivity index is 1.69. The summed E-state index contributed by atoms with van der Waals surface area (Å²) in [6, 6.07) is 3.62. The molecule has 1 saturated heterocycles. The van der Waals surface area contributed by atoms with Gasteiger partial charge in [0.2, 0.25) is 0 Å². The van der Waals surface area contributed by atoms with Gasteiger partial charge in [0.25, 0.3) is 0 Å². The van der Waals surface area contributed by atoms with Crippen molar-refractivity contribution < 1.29 is 5.11 Å². The normalized spacial score (nSPS) is 28.5. The molecule has 2 heterocycles. The lowest BCUT2D eigenvalue weighted by Crippen LogP contribution is -2.21. The lowest BCUT2D eigenvalue weighted by Gasteiger charge is -2.17. The van der Waals surface area contributed by atoms with E-state index in [9.17, 15) is 5.11 Å². The van der Waals surface area contributed by atoms with Crippen molar-refractivity contribution in [2.24, 2.45) is 11.8 Å². The van der Waals surface area contributed by atoms with Crippen LogP contribution in [0.3, 0.4) is 0 Å². The molecule has 0 spiro atoms. The van der Waals surface area contributed by atoms with Gasteiger partial charge < -0.3 is 5.11 Å². The largest absolute Gasteiger partial charge is 0.506 e. The van der Waals surface area contributed by atoms with Crippen LogP contribution in [0.25, 0.3) is 0 Å². The molecule has 1 aromatic heterocycles.